The van der Waals surface area contributed by atoms with Crippen LogP contribution < -0.4 is 0 Å². The van der Waals surface area contributed by atoms with E-state index in [4.69, 9.17) is 14.6 Å². The van der Waals surface area contributed by atoms with Crippen LogP contribution in [0.1, 0.15) is 23.3 Å². The molecule has 1 amide bonds. The van der Waals surface area contributed by atoms with E-state index in [9.17, 15) is 4.79 Å². The van der Waals surface area contributed by atoms with Crippen molar-refractivity contribution >= 4 is 5.91 Å². The van der Waals surface area contributed by atoms with Crippen molar-refractivity contribution in [2.24, 2.45) is 0 Å². The third-order valence-electron chi connectivity index (χ3n) is 5.62. The highest BCUT2D eigenvalue weighted by atomic mass is 16.7. The lowest BCUT2D eigenvalue weighted by Crippen LogP contribution is -2.47. The molecule has 2 aliphatic rings. The Kier molecular flexibility index (Phi) is 4.66. The predicted octanol–water partition coefficient (Wildman–Crippen LogP) is 3.52. The smallest absolute Gasteiger partial charge is 0.272 e. The number of likely N-dealkylation sites (tertiary alicyclic amines) is 1. The summed E-state index contributed by atoms with van der Waals surface area (Å²) >= 11 is 0. The van der Waals surface area contributed by atoms with E-state index < -0.39 is 5.79 Å². The van der Waals surface area contributed by atoms with E-state index in [-0.39, 0.29) is 5.91 Å². The maximum atomic E-state index is 13.4. The van der Waals surface area contributed by atoms with E-state index in [0.29, 0.717) is 44.8 Å². The molecular formula is C23H23N3O3. The summed E-state index contributed by atoms with van der Waals surface area (Å²) in [4.78, 5) is 15.3. The van der Waals surface area contributed by atoms with Gasteiger partial charge in [0.25, 0.3) is 5.91 Å². The largest absolute Gasteiger partial charge is 0.347 e. The molecule has 2 aromatic carbocycles. The molecule has 0 bridgehead atoms. The highest BCUT2D eigenvalue weighted by Gasteiger charge is 2.41. The number of rotatable bonds is 3. The first-order chi connectivity index (χ1) is 14.2. The van der Waals surface area contributed by atoms with Crippen LogP contribution >= 0.6 is 0 Å². The number of ether oxygens (including phenoxy) is 2. The van der Waals surface area contributed by atoms with Crippen molar-refractivity contribution in [1.29, 1.82) is 0 Å². The number of hydrogen-bond acceptors (Lipinski definition) is 4. The van der Waals surface area contributed by atoms with E-state index in [1.54, 1.807) is 4.68 Å². The zero-order chi connectivity index (χ0) is 19.7. The van der Waals surface area contributed by atoms with Gasteiger partial charge in [0.05, 0.1) is 24.6 Å². The van der Waals surface area contributed by atoms with Crippen LogP contribution in [0.4, 0.5) is 0 Å². The lowest BCUT2D eigenvalue weighted by atomic mass is 10.0. The Balaban J connectivity index is 1.47. The molecule has 2 aliphatic heterocycles. The fourth-order valence-electron chi connectivity index (χ4n) is 4.05. The van der Waals surface area contributed by atoms with Gasteiger partial charge in [-0.05, 0) is 18.2 Å². The number of para-hydroxylation sites is 1. The quantitative estimate of drug-likeness (QED) is 0.688. The molecule has 29 heavy (non-hydrogen) atoms. The van der Waals surface area contributed by atoms with Gasteiger partial charge in [0.2, 0.25) is 0 Å². The molecule has 0 saturated carbocycles. The fourth-order valence-corrected chi connectivity index (χ4v) is 4.05. The number of hydrogen-bond donors (Lipinski definition) is 0. The third-order valence-corrected chi connectivity index (χ3v) is 5.62. The molecule has 3 aromatic rings. The van der Waals surface area contributed by atoms with Crippen molar-refractivity contribution in [2.75, 3.05) is 26.3 Å². The summed E-state index contributed by atoms with van der Waals surface area (Å²) in [7, 11) is 0. The van der Waals surface area contributed by atoms with Crippen molar-refractivity contribution < 1.29 is 14.3 Å². The average Bonchev–Trinajstić information content (AvgIpc) is 3.43. The van der Waals surface area contributed by atoms with Gasteiger partial charge in [-0.1, -0.05) is 48.5 Å². The van der Waals surface area contributed by atoms with Crippen LogP contribution in [0.5, 0.6) is 0 Å². The van der Waals surface area contributed by atoms with Gasteiger partial charge in [0.15, 0.2) is 5.79 Å². The summed E-state index contributed by atoms with van der Waals surface area (Å²) in [5, 5.41) is 4.76. The standard InChI is InChI=1S/C23H23N3O3/c27-22(25-13-11-23(12-14-25)28-15-16-29-23)21-17-20(18-7-3-1-4-8-18)24-26(21)19-9-5-2-6-10-19/h1-10,17H,11-16H2. The number of benzene rings is 2. The second-order valence-electron chi connectivity index (χ2n) is 7.43. The van der Waals surface area contributed by atoms with Crippen molar-refractivity contribution in [2.45, 2.75) is 18.6 Å². The maximum absolute atomic E-state index is 13.4. The van der Waals surface area contributed by atoms with Gasteiger partial charge in [-0.3, -0.25) is 4.79 Å². The molecule has 1 spiro atoms. The van der Waals surface area contributed by atoms with Crippen molar-refractivity contribution in [3.63, 3.8) is 0 Å². The maximum Gasteiger partial charge on any atom is 0.272 e. The Labute approximate surface area is 169 Å². The van der Waals surface area contributed by atoms with Gasteiger partial charge in [0, 0.05) is 31.5 Å². The summed E-state index contributed by atoms with van der Waals surface area (Å²) in [6.07, 6.45) is 1.40. The molecule has 0 N–H and O–H groups in total. The van der Waals surface area contributed by atoms with Crippen LogP contribution in [0.15, 0.2) is 66.7 Å². The molecule has 0 atom stereocenters. The second kappa shape index (κ2) is 7.46. The molecule has 2 fully saturated rings. The molecule has 6 nitrogen and oxygen atoms in total. The van der Waals surface area contributed by atoms with Crippen molar-refractivity contribution in [1.82, 2.24) is 14.7 Å². The van der Waals surface area contributed by atoms with Gasteiger partial charge < -0.3 is 14.4 Å². The van der Waals surface area contributed by atoms with E-state index in [1.807, 2.05) is 71.6 Å². The van der Waals surface area contributed by atoms with Crippen LogP contribution in [0.3, 0.4) is 0 Å². The summed E-state index contributed by atoms with van der Waals surface area (Å²) in [6.45, 7) is 2.49. The van der Waals surface area contributed by atoms with E-state index >= 15 is 0 Å². The number of carbonyl (C=O) groups is 1. The highest BCUT2D eigenvalue weighted by Crippen LogP contribution is 2.32. The molecule has 2 saturated heterocycles. The molecular weight excluding hydrogens is 366 g/mol. The second-order valence-corrected chi connectivity index (χ2v) is 7.43. The first-order valence-electron chi connectivity index (χ1n) is 10.0. The average molecular weight is 389 g/mol. The van der Waals surface area contributed by atoms with Crippen molar-refractivity contribution in [3.05, 3.63) is 72.4 Å². The summed E-state index contributed by atoms with van der Waals surface area (Å²) < 4.78 is 13.3. The van der Waals surface area contributed by atoms with Crippen LogP contribution in [0, 0.1) is 0 Å². The Morgan fingerprint density at radius 2 is 1.52 bits per heavy atom. The van der Waals surface area contributed by atoms with Crippen LogP contribution in [0.25, 0.3) is 16.9 Å². The fraction of sp³-hybridized carbons (Fsp3) is 0.304. The first kappa shape index (κ1) is 18.1. The molecule has 148 valence electrons. The van der Waals surface area contributed by atoms with Crippen LogP contribution in [-0.4, -0.2) is 52.7 Å². The molecule has 0 unspecified atom stereocenters. The summed E-state index contributed by atoms with van der Waals surface area (Å²) in [6, 6.07) is 21.6. The Bertz CT molecular complexity index is 985. The molecule has 0 aliphatic carbocycles. The third kappa shape index (κ3) is 3.45. The Morgan fingerprint density at radius 3 is 2.17 bits per heavy atom. The van der Waals surface area contributed by atoms with E-state index in [0.717, 1.165) is 16.9 Å². The minimum Gasteiger partial charge on any atom is -0.347 e. The van der Waals surface area contributed by atoms with Gasteiger partial charge >= 0.3 is 0 Å². The first-order valence-corrected chi connectivity index (χ1v) is 10.0. The number of piperidine rings is 1. The monoisotopic (exact) mass is 389 g/mol. The van der Waals surface area contributed by atoms with E-state index in [2.05, 4.69) is 0 Å². The normalized spacial score (nSPS) is 18.3. The van der Waals surface area contributed by atoms with Crippen LogP contribution in [0.2, 0.25) is 0 Å². The topological polar surface area (TPSA) is 56.6 Å². The Hall–Kier alpha value is -2.96. The van der Waals surface area contributed by atoms with Gasteiger partial charge in [-0.2, -0.15) is 5.10 Å². The zero-order valence-corrected chi connectivity index (χ0v) is 16.2. The number of aromatic nitrogens is 2. The van der Waals surface area contributed by atoms with Gasteiger partial charge in [-0.15, -0.1) is 0 Å². The molecule has 0 radical (unpaired) electrons. The van der Waals surface area contributed by atoms with Crippen LogP contribution in [-0.2, 0) is 9.47 Å². The zero-order valence-electron chi connectivity index (χ0n) is 16.2. The summed E-state index contributed by atoms with van der Waals surface area (Å²) in [5.41, 5.74) is 3.21. The lowest BCUT2D eigenvalue weighted by molar-refractivity contribution is -0.181. The Morgan fingerprint density at radius 1 is 0.897 bits per heavy atom. The van der Waals surface area contributed by atoms with E-state index in [1.165, 1.54) is 0 Å². The highest BCUT2D eigenvalue weighted by molar-refractivity contribution is 5.94. The number of nitrogens with zero attached hydrogens (tertiary/aromatic N) is 3. The number of carbonyl (C=O) groups excluding carboxylic acids is 1. The number of amides is 1. The van der Waals surface area contributed by atoms with Gasteiger partial charge in [-0.25, -0.2) is 4.68 Å². The van der Waals surface area contributed by atoms with Gasteiger partial charge in [0.1, 0.15) is 5.69 Å². The lowest BCUT2D eigenvalue weighted by Gasteiger charge is -2.37. The van der Waals surface area contributed by atoms with Crippen molar-refractivity contribution in [3.8, 4) is 16.9 Å². The molecule has 6 heteroatoms. The SMILES string of the molecule is O=C(c1cc(-c2ccccc2)nn1-c1ccccc1)N1CCC2(CC1)OCCO2. The molecule has 5 rings (SSSR count). The summed E-state index contributed by atoms with van der Waals surface area (Å²) in [5.74, 6) is -0.512. The molecule has 1 aromatic heterocycles. The molecule has 3 heterocycles. The predicted molar refractivity (Wildman–Crippen MR) is 109 cm³/mol. The minimum atomic E-state index is -0.494. The minimum absolute atomic E-state index is 0.0172.